The summed E-state index contributed by atoms with van der Waals surface area (Å²) in [6.07, 6.45) is 4.15. The lowest BCUT2D eigenvalue weighted by Gasteiger charge is -2.19. The Morgan fingerprint density at radius 1 is 1.14 bits per heavy atom. The van der Waals surface area contributed by atoms with E-state index in [0.29, 0.717) is 39.5 Å². The summed E-state index contributed by atoms with van der Waals surface area (Å²) in [6, 6.07) is 10.8. The van der Waals surface area contributed by atoms with Crippen LogP contribution in [0.15, 0.2) is 47.4 Å². The van der Waals surface area contributed by atoms with Gasteiger partial charge in [0.1, 0.15) is 5.75 Å². The smallest absolute Gasteiger partial charge is 0.387 e. The van der Waals surface area contributed by atoms with Crippen LogP contribution in [0.3, 0.4) is 0 Å². The van der Waals surface area contributed by atoms with Crippen LogP contribution in [0.5, 0.6) is 5.75 Å². The van der Waals surface area contributed by atoms with Gasteiger partial charge in [0, 0.05) is 23.5 Å². The number of aryl methyl sites for hydroxylation is 3. The number of pyridine rings is 1. The van der Waals surface area contributed by atoms with Crippen LogP contribution in [-0.4, -0.2) is 21.0 Å². The number of rotatable bonds is 5. The molecule has 1 aliphatic rings. The van der Waals surface area contributed by atoms with Gasteiger partial charge >= 0.3 is 6.61 Å². The van der Waals surface area contributed by atoms with Crippen LogP contribution in [0.2, 0.25) is 0 Å². The third-order valence-corrected chi connectivity index (χ3v) is 8.02. The van der Waals surface area contributed by atoms with Crippen LogP contribution in [0.4, 0.5) is 14.5 Å². The number of hydrogen-bond acceptors (Lipinski definition) is 5. The maximum Gasteiger partial charge on any atom is 0.387 e. The standard InChI is InChI=1S/C27H24F2N4O2S/c1-13-8-18(35-27(28)29)9-14(2)24(13)33-20-11-21(15-4-5-15)36-25(20)23(30)22(26(33)34)16-6-7-19-17(10-16)12-32(3)31-19/h6-12,15,27H,4-5,30H2,1-3H3. The maximum absolute atomic E-state index is 14.2. The number of nitrogens with two attached hydrogens (primary N) is 1. The van der Waals surface area contributed by atoms with Crippen molar-refractivity contribution in [3.05, 3.63) is 69.0 Å². The number of aromatic nitrogens is 3. The minimum atomic E-state index is -2.92. The molecule has 36 heavy (non-hydrogen) atoms. The van der Waals surface area contributed by atoms with Gasteiger partial charge in [0.05, 0.1) is 32.7 Å². The second-order valence-corrected chi connectivity index (χ2v) is 10.5. The molecule has 1 saturated carbocycles. The van der Waals surface area contributed by atoms with Gasteiger partial charge in [-0.2, -0.15) is 13.9 Å². The van der Waals surface area contributed by atoms with E-state index >= 15 is 0 Å². The molecule has 9 heteroatoms. The monoisotopic (exact) mass is 506 g/mol. The zero-order chi connectivity index (χ0) is 25.3. The van der Waals surface area contributed by atoms with Crippen molar-refractivity contribution >= 4 is 38.1 Å². The van der Waals surface area contributed by atoms with Crippen LogP contribution in [0.25, 0.3) is 37.9 Å². The predicted octanol–water partition coefficient (Wildman–Crippen LogP) is 6.28. The third kappa shape index (κ3) is 3.65. The Kier molecular flexibility index (Phi) is 5.15. The Morgan fingerprint density at radius 3 is 2.53 bits per heavy atom. The molecule has 5 aromatic rings. The fourth-order valence-electron chi connectivity index (χ4n) is 5.02. The Hall–Kier alpha value is -3.72. The molecule has 184 valence electrons. The molecule has 3 heterocycles. The van der Waals surface area contributed by atoms with Gasteiger partial charge in [-0.05, 0) is 79.6 Å². The quantitative estimate of drug-likeness (QED) is 0.304. The molecule has 0 radical (unpaired) electrons. The molecule has 0 amide bonds. The number of ether oxygens (including phenoxy) is 1. The lowest BCUT2D eigenvalue weighted by molar-refractivity contribution is -0.0498. The number of alkyl halides is 2. The first-order chi connectivity index (χ1) is 17.2. The molecule has 6 nitrogen and oxygen atoms in total. The van der Waals surface area contributed by atoms with E-state index in [1.54, 1.807) is 46.6 Å². The fourth-order valence-corrected chi connectivity index (χ4v) is 6.30. The van der Waals surface area contributed by atoms with Crippen molar-refractivity contribution in [3.8, 4) is 22.6 Å². The van der Waals surface area contributed by atoms with Gasteiger partial charge in [-0.15, -0.1) is 11.3 Å². The Morgan fingerprint density at radius 2 is 1.86 bits per heavy atom. The van der Waals surface area contributed by atoms with Crippen molar-refractivity contribution in [2.24, 2.45) is 7.05 Å². The van der Waals surface area contributed by atoms with Crippen LogP contribution >= 0.6 is 11.3 Å². The third-order valence-electron chi connectivity index (χ3n) is 6.70. The average molecular weight is 507 g/mol. The van der Waals surface area contributed by atoms with Crippen LogP contribution < -0.4 is 16.0 Å². The highest BCUT2D eigenvalue weighted by Crippen LogP contribution is 2.47. The van der Waals surface area contributed by atoms with Crippen molar-refractivity contribution in [1.82, 2.24) is 14.3 Å². The largest absolute Gasteiger partial charge is 0.435 e. The van der Waals surface area contributed by atoms with Gasteiger partial charge in [0.15, 0.2) is 0 Å². The summed E-state index contributed by atoms with van der Waals surface area (Å²) < 4.78 is 34.6. The van der Waals surface area contributed by atoms with E-state index < -0.39 is 6.61 Å². The Bertz CT molecular complexity index is 1710. The number of hydrogen-bond donors (Lipinski definition) is 1. The molecule has 0 saturated heterocycles. The van der Waals surface area contributed by atoms with Gasteiger partial charge < -0.3 is 10.5 Å². The number of fused-ring (bicyclic) bond motifs is 2. The molecular formula is C27H24F2N4O2S. The van der Waals surface area contributed by atoms with Gasteiger partial charge in [-0.3, -0.25) is 14.0 Å². The second-order valence-electron chi connectivity index (χ2n) is 9.43. The second kappa shape index (κ2) is 8.16. The Labute approximate surface area is 209 Å². The van der Waals surface area contributed by atoms with E-state index in [-0.39, 0.29) is 11.3 Å². The Balaban J connectivity index is 1.66. The highest BCUT2D eigenvalue weighted by Gasteiger charge is 2.29. The van der Waals surface area contributed by atoms with Crippen molar-refractivity contribution in [2.75, 3.05) is 5.73 Å². The molecule has 0 unspecified atom stereocenters. The molecular weight excluding hydrogens is 482 g/mol. The number of halogens is 2. The van der Waals surface area contributed by atoms with Crippen molar-refractivity contribution < 1.29 is 13.5 Å². The van der Waals surface area contributed by atoms with Crippen molar-refractivity contribution in [1.29, 1.82) is 0 Å². The van der Waals surface area contributed by atoms with Crippen molar-refractivity contribution in [3.63, 3.8) is 0 Å². The number of anilines is 1. The summed E-state index contributed by atoms with van der Waals surface area (Å²) in [7, 11) is 1.85. The summed E-state index contributed by atoms with van der Waals surface area (Å²) >= 11 is 1.63. The summed E-state index contributed by atoms with van der Waals surface area (Å²) in [5.74, 6) is 0.555. The zero-order valence-corrected chi connectivity index (χ0v) is 20.8. The first-order valence-corrected chi connectivity index (χ1v) is 12.5. The van der Waals surface area contributed by atoms with E-state index in [1.165, 1.54) is 4.88 Å². The van der Waals surface area contributed by atoms with Crippen LogP contribution in [0, 0.1) is 13.8 Å². The molecule has 2 aromatic carbocycles. The number of benzene rings is 2. The van der Waals surface area contributed by atoms with E-state index in [0.717, 1.165) is 34.0 Å². The summed E-state index contributed by atoms with van der Waals surface area (Å²) in [6.45, 7) is 0.669. The molecule has 0 spiro atoms. The number of nitrogens with zero attached hydrogens (tertiary/aromatic N) is 3. The molecule has 0 bridgehead atoms. The topological polar surface area (TPSA) is 75.1 Å². The number of nitrogen functional groups attached to an aromatic ring is 1. The molecule has 0 atom stereocenters. The SMILES string of the molecule is Cc1cc(OC(F)F)cc(C)c1-n1c(=O)c(-c2ccc3nn(C)cc3c2)c(N)c2sc(C3CC3)cc21. The van der Waals surface area contributed by atoms with E-state index in [4.69, 9.17) is 5.73 Å². The molecule has 2 N–H and O–H groups in total. The van der Waals surface area contributed by atoms with Gasteiger partial charge in [0.25, 0.3) is 5.56 Å². The average Bonchev–Trinajstić information content (AvgIpc) is 3.44. The van der Waals surface area contributed by atoms with Gasteiger partial charge in [0.2, 0.25) is 0 Å². The number of thiophene rings is 1. The summed E-state index contributed by atoms with van der Waals surface area (Å²) in [4.78, 5) is 15.4. The molecule has 1 fully saturated rings. The minimum Gasteiger partial charge on any atom is -0.435 e. The van der Waals surface area contributed by atoms with Gasteiger partial charge in [-0.1, -0.05) is 6.07 Å². The molecule has 1 aliphatic carbocycles. The zero-order valence-electron chi connectivity index (χ0n) is 20.0. The molecule has 0 aliphatic heterocycles. The predicted molar refractivity (Wildman–Crippen MR) is 140 cm³/mol. The summed E-state index contributed by atoms with van der Waals surface area (Å²) in [5.41, 5.74) is 11.6. The lowest BCUT2D eigenvalue weighted by Crippen LogP contribution is -2.23. The highest BCUT2D eigenvalue weighted by atomic mass is 32.1. The van der Waals surface area contributed by atoms with Crippen LogP contribution in [-0.2, 0) is 7.05 Å². The molecule has 3 aromatic heterocycles. The fraction of sp³-hybridized carbons (Fsp3) is 0.259. The van der Waals surface area contributed by atoms with E-state index in [2.05, 4.69) is 15.9 Å². The first-order valence-electron chi connectivity index (χ1n) is 11.7. The maximum atomic E-state index is 14.2. The van der Waals surface area contributed by atoms with E-state index in [1.807, 2.05) is 31.4 Å². The van der Waals surface area contributed by atoms with Crippen LogP contribution in [0.1, 0.15) is 34.8 Å². The highest BCUT2D eigenvalue weighted by molar-refractivity contribution is 7.19. The summed E-state index contributed by atoms with van der Waals surface area (Å²) in [5, 5.41) is 5.34. The molecule has 6 rings (SSSR count). The lowest BCUT2D eigenvalue weighted by atomic mass is 10.0. The van der Waals surface area contributed by atoms with E-state index in [9.17, 15) is 13.6 Å². The van der Waals surface area contributed by atoms with Gasteiger partial charge in [-0.25, -0.2) is 0 Å². The minimum absolute atomic E-state index is 0.0646. The first kappa shape index (κ1) is 22.7. The normalized spacial score (nSPS) is 13.8. The van der Waals surface area contributed by atoms with Crippen molar-refractivity contribution in [2.45, 2.75) is 39.2 Å².